The topological polar surface area (TPSA) is 84.7 Å². The van der Waals surface area contributed by atoms with Gasteiger partial charge in [0.1, 0.15) is 16.8 Å². The molecular weight excluding hydrogens is 311 g/mol. The Kier molecular flexibility index (Phi) is 4.32. The fourth-order valence-corrected chi connectivity index (χ4v) is 2.18. The molecule has 0 saturated heterocycles. The molecule has 0 saturated carbocycles. The minimum absolute atomic E-state index is 0.185. The maximum absolute atomic E-state index is 11.1. The summed E-state index contributed by atoms with van der Waals surface area (Å²) < 4.78 is 1.50. The molecule has 0 bridgehead atoms. The normalized spacial score (nSPS) is 11.2. The zero-order valence-electron chi connectivity index (χ0n) is 11.0. The molecule has 2 aromatic rings. The average Bonchev–Trinajstić information content (AvgIpc) is 2.72. The Balaban J connectivity index is 2.55. The number of hydrogen-bond acceptors (Lipinski definition) is 3. The van der Waals surface area contributed by atoms with Gasteiger partial charge in [-0.1, -0.05) is 23.2 Å². The van der Waals surface area contributed by atoms with E-state index in [-0.39, 0.29) is 10.7 Å². The van der Waals surface area contributed by atoms with Crippen molar-refractivity contribution in [3.05, 3.63) is 51.3 Å². The lowest BCUT2D eigenvalue weighted by atomic mass is 10.1. The van der Waals surface area contributed by atoms with Gasteiger partial charge in [0.2, 0.25) is 0 Å². The van der Waals surface area contributed by atoms with E-state index in [0.29, 0.717) is 22.0 Å². The van der Waals surface area contributed by atoms with Crippen LogP contribution in [0.3, 0.4) is 0 Å². The standard InChI is InChI=1S/C14H10Cl2N4O/c1-8-12(6-9(7-17)14(18)21)13(16)20(19-8)11-4-2-10(15)3-5-11/h2-6H,1H3,(H2,18,21)/b9-6+. The van der Waals surface area contributed by atoms with Crippen LogP contribution < -0.4 is 5.73 Å². The van der Waals surface area contributed by atoms with Crippen molar-refractivity contribution in [2.24, 2.45) is 5.73 Å². The zero-order chi connectivity index (χ0) is 15.6. The second-order valence-electron chi connectivity index (χ2n) is 4.21. The van der Waals surface area contributed by atoms with E-state index >= 15 is 0 Å². The third kappa shape index (κ3) is 3.07. The van der Waals surface area contributed by atoms with Gasteiger partial charge in [0.15, 0.2) is 0 Å². The third-order valence-electron chi connectivity index (χ3n) is 2.79. The van der Waals surface area contributed by atoms with Crippen molar-refractivity contribution in [3.8, 4) is 11.8 Å². The molecule has 0 fully saturated rings. The minimum Gasteiger partial charge on any atom is -0.365 e. The second-order valence-corrected chi connectivity index (χ2v) is 5.01. The molecule has 5 nitrogen and oxygen atoms in total. The first-order chi connectivity index (χ1) is 9.93. The van der Waals surface area contributed by atoms with Crippen LogP contribution in [0.4, 0.5) is 0 Å². The molecular formula is C14H10Cl2N4O. The molecule has 0 atom stereocenters. The SMILES string of the molecule is Cc1nn(-c2ccc(Cl)cc2)c(Cl)c1/C=C(\C#N)C(N)=O. The van der Waals surface area contributed by atoms with Crippen molar-refractivity contribution >= 4 is 35.2 Å². The monoisotopic (exact) mass is 320 g/mol. The lowest BCUT2D eigenvalue weighted by Crippen LogP contribution is -2.12. The molecule has 0 aliphatic carbocycles. The number of nitriles is 1. The quantitative estimate of drug-likeness (QED) is 0.697. The van der Waals surface area contributed by atoms with E-state index in [1.165, 1.54) is 10.8 Å². The Hall–Kier alpha value is -2.29. The highest BCUT2D eigenvalue weighted by Gasteiger charge is 2.15. The Bertz CT molecular complexity index is 770. The van der Waals surface area contributed by atoms with Crippen LogP contribution in [0.1, 0.15) is 11.3 Å². The molecule has 0 unspecified atom stereocenters. The van der Waals surface area contributed by atoms with E-state index in [4.69, 9.17) is 34.2 Å². The summed E-state index contributed by atoms with van der Waals surface area (Å²) in [6.45, 7) is 1.72. The molecule has 106 valence electrons. The molecule has 1 aromatic heterocycles. The summed E-state index contributed by atoms with van der Waals surface area (Å²) in [5.74, 6) is -0.813. The fourth-order valence-electron chi connectivity index (χ4n) is 1.73. The van der Waals surface area contributed by atoms with Gasteiger partial charge in [-0.15, -0.1) is 0 Å². The van der Waals surface area contributed by atoms with Crippen LogP contribution in [0.15, 0.2) is 29.8 Å². The van der Waals surface area contributed by atoms with Crippen molar-refractivity contribution in [2.45, 2.75) is 6.92 Å². The van der Waals surface area contributed by atoms with E-state index in [0.717, 1.165) is 0 Å². The van der Waals surface area contributed by atoms with Crippen LogP contribution in [0.5, 0.6) is 0 Å². The second kappa shape index (κ2) is 6.00. The maximum atomic E-state index is 11.1. The van der Waals surface area contributed by atoms with E-state index in [1.807, 2.05) is 0 Å². The number of benzene rings is 1. The molecule has 21 heavy (non-hydrogen) atoms. The van der Waals surface area contributed by atoms with Gasteiger partial charge in [0, 0.05) is 10.6 Å². The molecule has 1 aromatic carbocycles. The van der Waals surface area contributed by atoms with Gasteiger partial charge in [-0.2, -0.15) is 10.4 Å². The lowest BCUT2D eigenvalue weighted by molar-refractivity contribution is -0.114. The number of amides is 1. The van der Waals surface area contributed by atoms with Crippen molar-refractivity contribution in [2.75, 3.05) is 0 Å². The number of primary amides is 1. The molecule has 2 rings (SSSR count). The first-order valence-electron chi connectivity index (χ1n) is 5.86. The van der Waals surface area contributed by atoms with Gasteiger partial charge < -0.3 is 5.73 Å². The van der Waals surface area contributed by atoms with Crippen molar-refractivity contribution in [1.82, 2.24) is 9.78 Å². The molecule has 0 spiro atoms. The minimum atomic E-state index is -0.813. The predicted molar refractivity (Wildman–Crippen MR) is 81.1 cm³/mol. The van der Waals surface area contributed by atoms with Crippen molar-refractivity contribution in [3.63, 3.8) is 0 Å². The number of aromatic nitrogens is 2. The van der Waals surface area contributed by atoms with E-state index in [9.17, 15) is 4.79 Å². The first kappa shape index (κ1) is 15.1. The number of carbonyl (C=O) groups is 1. The van der Waals surface area contributed by atoms with Crippen molar-refractivity contribution in [1.29, 1.82) is 5.26 Å². The summed E-state index contributed by atoms with van der Waals surface area (Å²) in [5, 5.41) is 14.1. The number of nitrogens with zero attached hydrogens (tertiary/aromatic N) is 3. The summed E-state index contributed by atoms with van der Waals surface area (Å²) in [6, 6.07) is 8.67. The molecule has 0 aliphatic rings. The maximum Gasteiger partial charge on any atom is 0.259 e. The summed E-state index contributed by atoms with van der Waals surface area (Å²) in [5.41, 5.74) is 6.69. The molecule has 0 radical (unpaired) electrons. The van der Waals surface area contributed by atoms with Crippen LogP contribution in [0.25, 0.3) is 11.8 Å². The van der Waals surface area contributed by atoms with Gasteiger partial charge >= 0.3 is 0 Å². The van der Waals surface area contributed by atoms with Gasteiger partial charge in [-0.25, -0.2) is 4.68 Å². The molecule has 7 heteroatoms. The van der Waals surface area contributed by atoms with Crippen LogP contribution >= 0.6 is 23.2 Å². The van der Waals surface area contributed by atoms with Crippen LogP contribution in [-0.4, -0.2) is 15.7 Å². The number of carbonyl (C=O) groups excluding carboxylic acids is 1. The highest BCUT2D eigenvalue weighted by molar-refractivity contribution is 6.31. The lowest BCUT2D eigenvalue weighted by Gasteiger charge is -2.03. The zero-order valence-corrected chi connectivity index (χ0v) is 12.5. The van der Waals surface area contributed by atoms with Gasteiger partial charge in [-0.05, 0) is 37.3 Å². The average molecular weight is 321 g/mol. The van der Waals surface area contributed by atoms with Gasteiger partial charge in [0.25, 0.3) is 5.91 Å². The Morgan fingerprint density at radius 3 is 2.52 bits per heavy atom. The molecule has 1 heterocycles. The number of hydrogen-bond donors (Lipinski definition) is 1. The summed E-state index contributed by atoms with van der Waals surface area (Å²) in [6.07, 6.45) is 1.33. The van der Waals surface area contributed by atoms with Crippen LogP contribution in [0.2, 0.25) is 10.2 Å². The van der Waals surface area contributed by atoms with Crippen LogP contribution in [0, 0.1) is 18.3 Å². The molecule has 1 amide bonds. The Morgan fingerprint density at radius 1 is 1.38 bits per heavy atom. The molecule has 0 aliphatic heterocycles. The van der Waals surface area contributed by atoms with Crippen molar-refractivity contribution < 1.29 is 4.79 Å². The highest BCUT2D eigenvalue weighted by Crippen LogP contribution is 2.26. The Labute approximate surface area is 131 Å². The Morgan fingerprint density at radius 2 is 2.00 bits per heavy atom. The number of halogens is 2. The van der Waals surface area contributed by atoms with Gasteiger partial charge in [0.05, 0.1) is 11.4 Å². The summed E-state index contributed by atoms with van der Waals surface area (Å²) in [7, 11) is 0. The molecule has 2 N–H and O–H groups in total. The fraction of sp³-hybridized carbons (Fsp3) is 0.0714. The van der Waals surface area contributed by atoms with E-state index in [1.54, 1.807) is 37.3 Å². The van der Waals surface area contributed by atoms with E-state index < -0.39 is 5.91 Å². The first-order valence-corrected chi connectivity index (χ1v) is 6.62. The van der Waals surface area contributed by atoms with Crippen LogP contribution in [-0.2, 0) is 4.79 Å². The van der Waals surface area contributed by atoms with E-state index in [2.05, 4.69) is 5.10 Å². The largest absolute Gasteiger partial charge is 0.365 e. The number of aryl methyl sites for hydroxylation is 1. The van der Waals surface area contributed by atoms with Gasteiger partial charge in [-0.3, -0.25) is 4.79 Å². The third-order valence-corrected chi connectivity index (χ3v) is 3.41. The highest BCUT2D eigenvalue weighted by atomic mass is 35.5. The number of rotatable bonds is 3. The number of nitrogens with two attached hydrogens (primary N) is 1. The predicted octanol–water partition coefficient (Wildman–Crippen LogP) is 2.88. The summed E-state index contributed by atoms with van der Waals surface area (Å²) >= 11 is 12.1. The smallest absolute Gasteiger partial charge is 0.259 e. The summed E-state index contributed by atoms with van der Waals surface area (Å²) in [4.78, 5) is 11.1.